The van der Waals surface area contributed by atoms with Gasteiger partial charge in [-0.3, -0.25) is 9.69 Å². The molecule has 166 valence electrons. The Hall–Kier alpha value is -2.92. The van der Waals surface area contributed by atoms with Gasteiger partial charge in [-0.15, -0.1) is 0 Å². The van der Waals surface area contributed by atoms with E-state index in [4.69, 9.17) is 4.74 Å². The van der Waals surface area contributed by atoms with Crippen LogP contribution in [0.1, 0.15) is 16.7 Å². The predicted octanol–water partition coefficient (Wildman–Crippen LogP) is 3.71. The van der Waals surface area contributed by atoms with E-state index in [0.717, 1.165) is 29.2 Å². The number of alkyl halides is 2. The van der Waals surface area contributed by atoms with Crippen LogP contribution in [0.5, 0.6) is 5.75 Å². The molecule has 0 saturated carbocycles. The van der Waals surface area contributed by atoms with Crippen LogP contribution in [-0.2, 0) is 23.8 Å². The molecule has 1 aliphatic heterocycles. The molecule has 0 spiro atoms. The Kier molecular flexibility index (Phi) is 6.65. The van der Waals surface area contributed by atoms with Crippen LogP contribution in [0.2, 0.25) is 0 Å². The lowest BCUT2D eigenvalue weighted by Gasteiger charge is -2.29. The third-order valence-corrected chi connectivity index (χ3v) is 5.15. The number of anilines is 1. The van der Waals surface area contributed by atoms with Crippen molar-refractivity contribution in [3.8, 4) is 5.75 Å². The van der Waals surface area contributed by atoms with E-state index in [9.17, 15) is 22.8 Å². The van der Waals surface area contributed by atoms with Crippen molar-refractivity contribution in [3.05, 3.63) is 58.9 Å². The number of halogens is 3. The highest BCUT2D eigenvalue weighted by molar-refractivity contribution is 7.98. The first-order valence-corrected chi connectivity index (χ1v) is 10.0. The fourth-order valence-electron chi connectivity index (χ4n) is 3.02. The van der Waals surface area contributed by atoms with E-state index in [0.29, 0.717) is 5.56 Å². The number of carbonyl (C=O) groups is 2. The van der Waals surface area contributed by atoms with Crippen molar-refractivity contribution >= 4 is 29.8 Å². The lowest BCUT2D eigenvalue weighted by atomic mass is 10.0. The summed E-state index contributed by atoms with van der Waals surface area (Å²) in [6.07, 6.45) is -0.797. The molecule has 7 nitrogen and oxygen atoms in total. The molecule has 2 aromatic carbocycles. The summed E-state index contributed by atoms with van der Waals surface area (Å²) in [6, 6.07) is 8.24. The highest BCUT2D eigenvalue weighted by Gasteiger charge is 2.43. The highest BCUT2D eigenvalue weighted by atomic mass is 32.2. The summed E-state index contributed by atoms with van der Waals surface area (Å²) >= 11 is 1.09. The van der Waals surface area contributed by atoms with Crippen molar-refractivity contribution in [2.24, 2.45) is 0 Å². The fraction of sp³-hybridized carbons (Fsp3) is 0.300. The van der Waals surface area contributed by atoms with E-state index in [-0.39, 0.29) is 30.1 Å². The molecular formula is C20H21F3N4O3S. The molecule has 2 N–H and O–H groups in total. The molecular weight excluding hydrogens is 433 g/mol. The minimum Gasteiger partial charge on any atom is -0.410 e. The van der Waals surface area contributed by atoms with Crippen LogP contribution in [0, 0.1) is 5.82 Å². The van der Waals surface area contributed by atoms with Gasteiger partial charge in [-0.2, -0.15) is 8.78 Å². The largest absolute Gasteiger partial charge is 0.415 e. The van der Waals surface area contributed by atoms with Gasteiger partial charge in [-0.25, -0.2) is 13.9 Å². The van der Waals surface area contributed by atoms with Gasteiger partial charge in [-0.1, -0.05) is 24.3 Å². The lowest BCUT2D eigenvalue weighted by Crippen LogP contribution is -2.38. The maximum atomic E-state index is 14.7. The Labute approximate surface area is 181 Å². The predicted molar refractivity (Wildman–Crippen MR) is 111 cm³/mol. The molecule has 1 heterocycles. The van der Waals surface area contributed by atoms with E-state index in [1.807, 2.05) is 0 Å². The van der Waals surface area contributed by atoms with Crippen LogP contribution in [0.3, 0.4) is 0 Å². The van der Waals surface area contributed by atoms with E-state index in [2.05, 4.69) is 9.44 Å². The minimum atomic E-state index is -3.76. The molecule has 2 amide bonds. The third kappa shape index (κ3) is 4.72. The summed E-state index contributed by atoms with van der Waals surface area (Å²) in [6.45, 7) is -0.0229. The number of likely N-dealkylation sites (N-methyl/N-ethyl adjacent to an activating group) is 1. The quantitative estimate of drug-likeness (QED) is 0.622. The third-order valence-electron chi connectivity index (χ3n) is 4.62. The van der Waals surface area contributed by atoms with E-state index in [1.165, 1.54) is 25.1 Å². The van der Waals surface area contributed by atoms with Crippen LogP contribution in [-0.4, -0.2) is 42.9 Å². The lowest BCUT2D eigenvalue weighted by molar-refractivity contribution is -0.156. The smallest absolute Gasteiger partial charge is 0.410 e. The van der Waals surface area contributed by atoms with Crippen molar-refractivity contribution < 1.29 is 27.5 Å². The molecule has 0 saturated heterocycles. The summed E-state index contributed by atoms with van der Waals surface area (Å²) in [5, 5.41) is 0. The maximum Gasteiger partial charge on any atom is 0.415 e. The Balaban J connectivity index is 1.81. The molecule has 1 aliphatic rings. The number of fused-ring (bicyclic) bond motifs is 1. The number of carbonyl (C=O) groups excluding carboxylic acids is 2. The molecule has 0 atom stereocenters. The summed E-state index contributed by atoms with van der Waals surface area (Å²) in [4.78, 5) is 26.3. The number of nitrogens with one attached hydrogen (secondary N) is 2. The first-order valence-electron chi connectivity index (χ1n) is 9.20. The molecule has 0 fully saturated rings. The number of rotatable bonds is 7. The molecule has 0 unspecified atom stereocenters. The zero-order chi connectivity index (χ0) is 22.8. The average Bonchev–Trinajstić information content (AvgIpc) is 2.73. The normalized spacial score (nSPS) is 13.5. The van der Waals surface area contributed by atoms with Crippen LogP contribution in [0.15, 0.2) is 36.4 Å². The Morgan fingerprint density at radius 1 is 1.29 bits per heavy atom. The Morgan fingerprint density at radius 3 is 2.71 bits per heavy atom. The topological polar surface area (TPSA) is 73.9 Å². The van der Waals surface area contributed by atoms with Crippen molar-refractivity contribution in [1.82, 2.24) is 14.5 Å². The fourth-order valence-corrected chi connectivity index (χ4v) is 3.39. The number of hydrogen-bond acceptors (Lipinski definition) is 6. The van der Waals surface area contributed by atoms with Crippen molar-refractivity contribution in [2.75, 3.05) is 25.9 Å². The zero-order valence-corrected chi connectivity index (χ0v) is 17.9. The summed E-state index contributed by atoms with van der Waals surface area (Å²) < 4.78 is 54.3. The molecule has 0 aromatic heterocycles. The first-order chi connectivity index (χ1) is 14.6. The molecule has 31 heavy (non-hydrogen) atoms. The van der Waals surface area contributed by atoms with E-state index < -0.39 is 29.3 Å². The number of amides is 2. The zero-order valence-electron chi connectivity index (χ0n) is 17.0. The van der Waals surface area contributed by atoms with Gasteiger partial charge in [0, 0.05) is 42.9 Å². The number of hydrogen-bond donors (Lipinski definition) is 2. The summed E-state index contributed by atoms with van der Waals surface area (Å²) in [5.41, 5.74) is 0.414. The molecule has 0 radical (unpaired) electrons. The second kappa shape index (κ2) is 9.06. The van der Waals surface area contributed by atoms with Crippen molar-refractivity contribution in [2.45, 2.75) is 19.0 Å². The van der Waals surface area contributed by atoms with Crippen LogP contribution < -0.4 is 14.2 Å². The first kappa shape index (κ1) is 22.8. The summed E-state index contributed by atoms with van der Waals surface area (Å²) in [7, 11) is 4.14. The standard InChI is InChI=1S/C20H21F3N4O3S/c1-24-31-25-15-6-4-5-13(17(15)21)11-27-10-12-7-8-14(9-16(12)30-19(27)29)20(22,23)18(28)26(2)3/h4-9,24-25H,10-11H2,1-3H3. The monoisotopic (exact) mass is 454 g/mol. The maximum absolute atomic E-state index is 14.7. The van der Waals surface area contributed by atoms with Gasteiger partial charge in [-0.05, 0) is 19.2 Å². The number of nitrogens with zero attached hydrogens (tertiary/aromatic N) is 2. The van der Waals surface area contributed by atoms with Crippen LogP contribution in [0.25, 0.3) is 0 Å². The highest BCUT2D eigenvalue weighted by Crippen LogP contribution is 2.36. The van der Waals surface area contributed by atoms with Gasteiger partial charge in [0.15, 0.2) is 5.82 Å². The second-order valence-corrected chi connectivity index (χ2v) is 7.82. The van der Waals surface area contributed by atoms with E-state index in [1.54, 1.807) is 25.2 Å². The second-order valence-electron chi connectivity index (χ2n) is 7.01. The number of ether oxygens (including phenoxy) is 1. The van der Waals surface area contributed by atoms with Gasteiger partial charge >= 0.3 is 12.0 Å². The molecule has 2 aromatic rings. The molecule has 0 aliphatic carbocycles. The van der Waals surface area contributed by atoms with Gasteiger partial charge < -0.3 is 14.4 Å². The number of benzene rings is 2. The Morgan fingerprint density at radius 2 is 2.03 bits per heavy atom. The van der Waals surface area contributed by atoms with Crippen molar-refractivity contribution in [3.63, 3.8) is 0 Å². The van der Waals surface area contributed by atoms with Crippen molar-refractivity contribution in [1.29, 1.82) is 0 Å². The van der Waals surface area contributed by atoms with Gasteiger partial charge in [0.25, 0.3) is 5.91 Å². The van der Waals surface area contributed by atoms with Crippen LogP contribution >= 0.6 is 12.1 Å². The molecule has 0 bridgehead atoms. The SMILES string of the molecule is CNSNc1cccc(CN2Cc3ccc(C(F)(F)C(=O)N(C)C)cc3OC2=O)c1F. The van der Waals surface area contributed by atoms with Gasteiger partial charge in [0.2, 0.25) is 0 Å². The summed E-state index contributed by atoms with van der Waals surface area (Å²) in [5.74, 6) is -5.70. The van der Waals surface area contributed by atoms with Crippen LogP contribution in [0.4, 0.5) is 23.7 Å². The molecule has 3 rings (SSSR count). The molecule has 11 heteroatoms. The Bertz CT molecular complexity index is 1000. The van der Waals surface area contributed by atoms with E-state index >= 15 is 0 Å². The van der Waals surface area contributed by atoms with Gasteiger partial charge in [0.05, 0.1) is 18.8 Å². The minimum absolute atomic E-state index is 0.0456. The van der Waals surface area contributed by atoms with Gasteiger partial charge in [0.1, 0.15) is 5.75 Å². The average molecular weight is 454 g/mol.